The average Bonchev–Trinajstić information content (AvgIpc) is 2.66. The molecular weight excluding hydrogens is 420 g/mol. The second-order valence-electron chi connectivity index (χ2n) is 6.90. The Balaban J connectivity index is 5.13. The number of thioether (sulfide) groups is 1. The van der Waals surface area contributed by atoms with Gasteiger partial charge in [0.05, 0.1) is 6.61 Å². The van der Waals surface area contributed by atoms with Gasteiger partial charge in [-0.2, -0.15) is 24.4 Å². The first kappa shape index (κ1) is 27.5. The molecule has 7 N–H and O–H groups in total. The van der Waals surface area contributed by atoms with E-state index in [9.17, 15) is 24.3 Å². The molecule has 0 aromatic carbocycles. The maximum Gasteiger partial charge on any atom is 0.326 e. The fourth-order valence-corrected chi connectivity index (χ4v) is 3.02. The van der Waals surface area contributed by atoms with Crippen molar-refractivity contribution >= 4 is 48.1 Å². The van der Waals surface area contributed by atoms with E-state index in [1.807, 2.05) is 20.1 Å². The summed E-state index contributed by atoms with van der Waals surface area (Å²) in [4.78, 5) is 48.3. The predicted molar refractivity (Wildman–Crippen MR) is 115 cm³/mol. The van der Waals surface area contributed by atoms with Crippen molar-refractivity contribution in [2.75, 3.05) is 24.4 Å². The van der Waals surface area contributed by atoms with Crippen LogP contribution in [0.25, 0.3) is 0 Å². The number of nitrogens with one attached hydrogen (secondary N) is 3. The second-order valence-corrected chi connectivity index (χ2v) is 8.26. The van der Waals surface area contributed by atoms with Gasteiger partial charge in [0, 0.05) is 5.75 Å². The molecule has 0 aromatic rings. The monoisotopic (exact) mass is 452 g/mol. The number of hydrogen-bond acceptors (Lipinski definition) is 8. The fourth-order valence-electron chi connectivity index (χ4n) is 2.30. The van der Waals surface area contributed by atoms with Crippen LogP contribution in [0.3, 0.4) is 0 Å². The summed E-state index contributed by atoms with van der Waals surface area (Å²) in [6.45, 7) is 3.13. The van der Waals surface area contributed by atoms with E-state index in [2.05, 4.69) is 28.6 Å². The molecule has 0 fully saturated rings. The number of carboxylic acid groups (broad SMARTS) is 1. The highest BCUT2D eigenvalue weighted by Crippen LogP contribution is 2.07. The van der Waals surface area contributed by atoms with E-state index in [1.54, 1.807) is 0 Å². The molecule has 3 amide bonds. The van der Waals surface area contributed by atoms with Gasteiger partial charge < -0.3 is 31.9 Å². The Morgan fingerprint density at radius 1 is 1.00 bits per heavy atom. The molecule has 0 saturated heterocycles. The molecule has 0 spiro atoms. The molecule has 0 aliphatic rings. The summed E-state index contributed by atoms with van der Waals surface area (Å²) in [5.74, 6) is -2.63. The van der Waals surface area contributed by atoms with Crippen LogP contribution in [0.1, 0.15) is 26.7 Å². The molecule has 4 unspecified atom stereocenters. The van der Waals surface area contributed by atoms with Crippen LogP contribution in [0, 0.1) is 5.92 Å². The lowest BCUT2D eigenvalue weighted by molar-refractivity contribution is -0.142. The summed E-state index contributed by atoms with van der Waals surface area (Å²) in [5, 5.41) is 25.6. The number of rotatable bonds is 14. The molecule has 0 bridgehead atoms. The molecule has 0 rings (SSSR count). The SMILES string of the molecule is CSCCC(NC(=O)C(CS)NC(=O)C(CC(C)C)NC(=O)C(N)CO)C(=O)O. The molecule has 168 valence electrons. The Bertz CT molecular complexity index is 564. The number of amides is 3. The van der Waals surface area contributed by atoms with Gasteiger partial charge in [0.15, 0.2) is 0 Å². The van der Waals surface area contributed by atoms with E-state index in [0.29, 0.717) is 5.75 Å². The number of carboxylic acids is 1. The van der Waals surface area contributed by atoms with Gasteiger partial charge in [0.2, 0.25) is 17.7 Å². The summed E-state index contributed by atoms with van der Waals surface area (Å²) >= 11 is 5.51. The Labute approximate surface area is 180 Å². The van der Waals surface area contributed by atoms with Gasteiger partial charge in [-0.3, -0.25) is 14.4 Å². The number of aliphatic carboxylic acids is 1. The summed E-state index contributed by atoms with van der Waals surface area (Å²) in [5.41, 5.74) is 5.47. The van der Waals surface area contributed by atoms with E-state index in [1.165, 1.54) is 11.8 Å². The van der Waals surface area contributed by atoms with Crippen molar-refractivity contribution in [1.29, 1.82) is 0 Å². The molecule has 0 aliphatic heterocycles. The number of carbonyl (C=O) groups is 4. The van der Waals surface area contributed by atoms with Crippen molar-refractivity contribution in [3.8, 4) is 0 Å². The predicted octanol–water partition coefficient (Wildman–Crippen LogP) is -1.43. The number of hydrogen-bond donors (Lipinski definition) is 7. The second kappa shape index (κ2) is 14.5. The van der Waals surface area contributed by atoms with Crippen molar-refractivity contribution in [3.63, 3.8) is 0 Å². The Morgan fingerprint density at radius 2 is 1.52 bits per heavy atom. The number of aliphatic hydroxyl groups is 1. The van der Waals surface area contributed by atoms with E-state index in [0.717, 1.165) is 0 Å². The number of aliphatic hydroxyl groups excluding tert-OH is 1. The smallest absolute Gasteiger partial charge is 0.326 e. The summed E-state index contributed by atoms with van der Waals surface area (Å²) in [6.07, 6.45) is 2.34. The first-order valence-corrected chi connectivity index (χ1v) is 11.2. The van der Waals surface area contributed by atoms with Crippen LogP contribution in [0.4, 0.5) is 0 Å². The molecule has 29 heavy (non-hydrogen) atoms. The van der Waals surface area contributed by atoms with Crippen LogP contribution in [0.15, 0.2) is 0 Å². The molecule has 0 saturated carbocycles. The zero-order valence-electron chi connectivity index (χ0n) is 16.9. The molecular formula is C17H32N4O6S2. The van der Waals surface area contributed by atoms with Crippen LogP contribution < -0.4 is 21.7 Å². The standard InChI is InChI=1S/C17H32N4O6S2/c1-9(2)6-12(20-14(23)10(18)7-22)15(24)21-13(8-28)16(25)19-11(17(26)27)4-5-29-3/h9-13,22,28H,4-8,18H2,1-3H3,(H,19,25)(H,20,23)(H,21,24)(H,26,27). The van der Waals surface area contributed by atoms with Crippen molar-refractivity contribution < 1.29 is 29.4 Å². The zero-order valence-corrected chi connectivity index (χ0v) is 18.6. The number of thiol groups is 1. The fraction of sp³-hybridized carbons (Fsp3) is 0.765. The third kappa shape index (κ3) is 10.7. The highest BCUT2D eigenvalue weighted by molar-refractivity contribution is 7.98. The molecule has 0 heterocycles. The maximum atomic E-state index is 12.6. The lowest BCUT2D eigenvalue weighted by Crippen LogP contribution is -2.58. The highest BCUT2D eigenvalue weighted by atomic mass is 32.2. The van der Waals surface area contributed by atoms with Gasteiger partial charge in [0.25, 0.3) is 0 Å². The average molecular weight is 453 g/mol. The number of carbonyl (C=O) groups excluding carboxylic acids is 3. The van der Waals surface area contributed by atoms with Crippen LogP contribution in [0.2, 0.25) is 0 Å². The molecule has 0 radical (unpaired) electrons. The van der Waals surface area contributed by atoms with Crippen molar-refractivity contribution in [2.45, 2.75) is 50.9 Å². The molecule has 4 atom stereocenters. The number of nitrogens with two attached hydrogens (primary N) is 1. The lowest BCUT2D eigenvalue weighted by Gasteiger charge is -2.25. The first-order chi connectivity index (χ1) is 13.6. The normalized spacial score (nSPS) is 15.1. The van der Waals surface area contributed by atoms with Crippen LogP contribution in [0.5, 0.6) is 0 Å². The van der Waals surface area contributed by atoms with E-state index < -0.39 is 54.5 Å². The minimum atomic E-state index is -1.17. The summed E-state index contributed by atoms with van der Waals surface area (Å²) < 4.78 is 0. The quantitative estimate of drug-likeness (QED) is 0.157. The minimum absolute atomic E-state index is 0.0441. The molecule has 0 aromatic heterocycles. The van der Waals surface area contributed by atoms with Gasteiger partial charge in [-0.1, -0.05) is 13.8 Å². The lowest BCUT2D eigenvalue weighted by atomic mass is 10.0. The Kier molecular flexibility index (Phi) is 13.7. The van der Waals surface area contributed by atoms with Gasteiger partial charge in [-0.25, -0.2) is 4.79 Å². The molecule has 0 aliphatic carbocycles. The largest absolute Gasteiger partial charge is 0.480 e. The van der Waals surface area contributed by atoms with Crippen molar-refractivity contribution in [3.05, 3.63) is 0 Å². The van der Waals surface area contributed by atoms with Gasteiger partial charge in [-0.05, 0) is 30.8 Å². The molecule has 10 nitrogen and oxygen atoms in total. The minimum Gasteiger partial charge on any atom is -0.480 e. The van der Waals surface area contributed by atoms with Gasteiger partial charge >= 0.3 is 5.97 Å². The van der Waals surface area contributed by atoms with Gasteiger partial charge in [0.1, 0.15) is 24.2 Å². The Hall–Kier alpha value is -1.50. The topological polar surface area (TPSA) is 171 Å². The summed E-state index contributed by atoms with van der Waals surface area (Å²) in [6, 6.07) is -4.31. The zero-order chi connectivity index (χ0) is 22.6. The first-order valence-electron chi connectivity index (χ1n) is 9.17. The van der Waals surface area contributed by atoms with Crippen LogP contribution in [-0.2, 0) is 19.2 Å². The van der Waals surface area contributed by atoms with Crippen molar-refractivity contribution in [1.82, 2.24) is 16.0 Å². The van der Waals surface area contributed by atoms with E-state index in [-0.39, 0.29) is 24.5 Å². The highest BCUT2D eigenvalue weighted by Gasteiger charge is 2.29. The molecule has 12 heteroatoms. The van der Waals surface area contributed by atoms with Crippen LogP contribution in [-0.4, -0.2) is 82.4 Å². The third-order valence-electron chi connectivity index (χ3n) is 3.91. The van der Waals surface area contributed by atoms with Crippen LogP contribution >= 0.6 is 24.4 Å². The van der Waals surface area contributed by atoms with E-state index >= 15 is 0 Å². The maximum absolute atomic E-state index is 12.6. The summed E-state index contributed by atoms with van der Waals surface area (Å²) in [7, 11) is 0. The Morgan fingerprint density at radius 3 is 1.97 bits per heavy atom. The van der Waals surface area contributed by atoms with Crippen molar-refractivity contribution in [2.24, 2.45) is 11.7 Å². The third-order valence-corrected chi connectivity index (χ3v) is 4.92. The van der Waals surface area contributed by atoms with Gasteiger partial charge in [-0.15, -0.1) is 0 Å². The van der Waals surface area contributed by atoms with E-state index in [4.69, 9.17) is 10.8 Å².